The number of fused-ring (bicyclic) bond motifs is 1. The molecule has 0 spiro atoms. The number of alkyl halides is 1. The summed E-state index contributed by atoms with van der Waals surface area (Å²) in [5.41, 5.74) is 1.13. The van der Waals surface area contributed by atoms with E-state index in [1.54, 1.807) is 11.3 Å². The molecule has 62 valence electrons. The van der Waals surface area contributed by atoms with Crippen molar-refractivity contribution < 1.29 is 0 Å². The molecular weight excluding hydrogens is 190 g/mol. The zero-order valence-electron chi connectivity index (χ0n) is 6.38. The minimum Gasteiger partial charge on any atom is -0.371 e. The summed E-state index contributed by atoms with van der Waals surface area (Å²) in [4.78, 5) is 0. The summed E-state index contributed by atoms with van der Waals surface area (Å²) in [6.45, 7) is 0. The predicted molar refractivity (Wildman–Crippen MR) is 56.2 cm³/mol. The normalized spacial score (nSPS) is 10.4. The van der Waals surface area contributed by atoms with Gasteiger partial charge >= 0.3 is 0 Å². The van der Waals surface area contributed by atoms with Crippen LogP contribution in [0.3, 0.4) is 0 Å². The first-order chi connectivity index (χ1) is 5.92. The van der Waals surface area contributed by atoms with Gasteiger partial charge in [0.25, 0.3) is 0 Å². The fourth-order valence-electron chi connectivity index (χ4n) is 1.19. The van der Waals surface area contributed by atoms with Crippen LogP contribution in [0.2, 0.25) is 0 Å². The molecule has 1 aromatic carbocycles. The molecule has 0 saturated heterocycles. The number of thiophene rings is 1. The molecule has 0 unspecified atom stereocenters. The van der Waals surface area contributed by atoms with Crippen LogP contribution in [0.15, 0.2) is 29.6 Å². The van der Waals surface area contributed by atoms with Gasteiger partial charge in [0, 0.05) is 15.5 Å². The van der Waals surface area contributed by atoms with Crippen molar-refractivity contribution in [1.82, 2.24) is 0 Å². The number of hydrogen-bond donors (Lipinski definition) is 1. The third kappa shape index (κ3) is 1.28. The van der Waals surface area contributed by atoms with Crippen LogP contribution < -0.4 is 5.32 Å². The third-order valence-corrected chi connectivity index (χ3v) is 2.84. The van der Waals surface area contributed by atoms with E-state index in [1.807, 2.05) is 12.1 Å². The number of hydrogen-bond acceptors (Lipinski definition) is 2. The van der Waals surface area contributed by atoms with Crippen LogP contribution >= 0.6 is 22.9 Å². The minimum absolute atomic E-state index is 0.459. The zero-order valence-corrected chi connectivity index (χ0v) is 7.95. The molecule has 1 nitrogen and oxygen atoms in total. The molecule has 0 aliphatic carbocycles. The molecule has 0 atom stereocenters. The SMILES string of the molecule is ClCNc1csc2ccccc12. The van der Waals surface area contributed by atoms with Gasteiger partial charge in [-0.3, -0.25) is 0 Å². The third-order valence-electron chi connectivity index (χ3n) is 1.74. The Bertz CT molecular complexity index is 383. The number of rotatable bonds is 2. The Kier molecular flexibility index (Phi) is 2.19. The quantitative estimate of drug-likeness (QED) is 0.574. The lowest BCUT2D eigenvalue weighted by atomic mass is 10.2. The van der Waals surface area contributed by atoms with Crippen molar-refractivity contribution in [2.45, 2.75) is 0 Å². The molecule has 0 saturated carbocycles. The molecule has 0 aliphatic heterocycles. The van der Waals surface area contributed by atoms with Gasteiger partial charge in [-0.1, -0.05) is 18.2 Å². The number of benzene rings is 1. The van der Waals surface area contributed by atoms with Crippen molar-refractivity contribution in [2.75, 3.05) is 11.3 Å². The van der Waals surface area contributed by atoms with Gasteiger partial charge in [-0.2, -0.15) is 0 Å². The molecule has 1 aromatic heterocycles. The van der Waals surface area contributed by atoms with Crippen molar-refractivity contribution in [1.29, 1.82) is 0 Å². The second kappa shape index (κ2) is 3.33. The summed E-state index contributed by atoms with van der Waals surface area (Å²) in [7, 11) is 0. The van der Waals surface area contributed by atoms with E-state index in [4.69, 9.17) is 11.6 Å². The summed E-state index contributed by atoms with van der Waals surface area (Å²) in [6, 6.07) is 8.75. The summed E-state index contributed by atoms with van der Waals surface area (Å²) in [6.07, 6.45) is 0. The Morgan fingerprint density at radius 1 is 1.33 bits per heavy atom. The van der Waals surface area contributed by atoms with Crippen LogP contribution in [-0.4, -0.2) is 6.00 Å². The van der Waals surface area contributed by atoms with E-state index in [2.05, 4.69) is 22.8 Å². The van der Waals surface area contributed by atoms with Crippen molar-refractivity contribution in [3.63, 3.8) is 0 Å². The Morgan fingerprint density at radius 2 is 2.17 bits per heavy atom. The maximum Gasteiger partial charge on any atom is 0.0902 e. The van der Waals surface area contributed by atoms with Crippen LogP contribution in [0.25, 0.3) is 10.1 Å². The fraction of sp³-hybridized carbons (Fsp3) is 0.111. The lowest BCUT2D eigenvalue weighted by molar-refractivity contribution is 1.50. The zero-order chi connectivity index (χ0) is 8.39. The smallest absolute Gasteiger partial charge is 0.0902 e. The molecule has 0 aliphatic rings. The average Bonchev–Trinajstić information content (AvgIpc) is 2.50. The van der Waals surface area contributed by atoms with Crippen molar-refractivity contribution in [3.8, 4) is 0 Å². The van der Waals surface area contributed by atoms with Gasteiger partial charge < -0.3 is 5.32 Å². The Hall–Kier alpha value is -0.730. The summed E-state index contributed by atoms with van der Waals surface area (Å²) in [5.74, 6) is 0. The summed E-state index contributed by atoms with van der Waals surface area (Å²) >= 11 is 7.32. The predicted octanol–water partition coefficient (Wildman–Crippen LogP) is 3.51. The highest BCUT2D eigenvalue weighted by Gasteiger charge is 2.00. The average molecular weight is 198 g/mol. The van der Waals surface area contributed by atoms with Crippen molar-refractivity contribution in [2.24, 2.45) is 0 Å². The van der Waals surface area contributed by atoms with E-state index in [0.29, 0.717) is 6.00 Å². The highest BCUT2D eigenvalue weighted by Crippen LogP contribution is 2.29. The van der Waals surface area contributed by atoms with Gasteiger partial charge in [-0.15, -0.1) is 22.9 Å². The molecule has 0 radical (unpaired) electrons. The highest BCUT2D eigenvalue weighted by molar-refractivity contribution is 7.17. The molecule has 0 amide bonds. The van der Waals surface area contributed by atoms with Gasteiger partial charge in [0.05, 0.1) is 11.7 Å². The maximum absolute atomic E-state index is 5.59. The van der Waals surface area contributed by atoms with Crippen LogP contribution in [0, 0.1) is 0 Å². The van der Waals surface area contributed by atoms with E-state index in [-0.39, 0.29) is 0 Å². The number of halogens is 1. The van der Waals surface area contributed by atoms with Crippen molar-refractivity contribution >= 4 is 38.7 Å². The Morgan fingerprint density at radius 3 is 3.00 bits per heavy atom. The van der Waals surface area contributed by atoms with Crippen LogP contribution in [0.1, 0.15) is 0 Å². The fourth-order valence-corrected chi connectivity index (χ4v) is 2.25. The van der Waals surface area contributed by atoms with Crippen LogP contribution in [0.4, 0.5) is 5.69 Å². The van der Waals surface area contributed by atoms with E-state index in [9.17, 15) is 0 Å². The maximum atomic E-state index is 5.59. The molecular formula is C9H8ClNS. The molecule has 1 heterocycles. The standard InChI is InChI=1S/C9H8ClNS/c10-6-11-8-5-12-9-4-2-1-3-7(8)9/h1-5,11H,6H2. The van der Waals surface area contributed by atoms with Crippen LogP contribution in [0.5, 0.6) is 0 Å². The first-order valence-corrected chi connectivity index (χ1v) is 5.09. The van der Waals surface area contributed by atoms with Gasteiger partial charge in [0.2, 0.25) is 0 Å². The molecule has 0 bridgehead atoms. The molecule has 3 heteroatoms. The molecule has 0 fully saturated rings. The number of nitrogens with one attached hydrogen (secondary N) is 1. The van der Waals surface area contributed by atoms with Gasteiger partial charge in [0.1, 0.15) is 0 Å². The van der Waals surface area contributed by atoms with Crippen LogP contribution in [-0.2, 0) is 0 Å². The first-order valence-electron chi connectivity index (χ1n) is 3.68. The lowest BCUT2D eigenvalue weighted by Gasteiger charge is -1.97. The van der Waals surface area contributed by atoms with Gasteiger partial charge in [-0.05, 0) is 6.07 Å². The summed E-state index contributed by atoms with van der Waals surface area (Å²) in [5, 5.41) is 6.45. The van der Waals surface area contributed by atoms with E-state index < -0.39 is 0 Å². The molecule has 1 N–H and O–H groups in total. The second-order valence-electron chi connectivity index (χ2n) is 2.46. The molecule has 2 aromatic rings. The van der Waals surface area contributed by atoms with E-state index in [1.165, 1.54) is 10.1 Å². The van der Waals surface area contributed by atoms with E-state index >= 15 is 0 Å². The summed E-state index contributed by atoms with van der Waals surface area (Å²) < 4.78 is 1.30. The monoisotopic (exact) mass is 197 g/mol. The topological polar surface area (TPSA) is 12.0 Å². The Labute approximate surface area is 80.0 Å². The number of anilines is 1. The highest BCUT2D eigenvalue weighted by atomic mass is 35.5. The molecule has 2 rings (SSSR count). The van der Waals surface area contributed by atoms with Gasteiger partial charge in [-0.25, -0.2) is 0 Å². The lowest BCUT2D eigenvalue weighted by Crippen LogP contribution is -1.91. The molecule has 12 heavy (non-hydrogen) atoms. The first kappa shape index (κ1) is 7.90. The largest absolute Gasteiger partial charge is 0.371 e. The second-order valence-corrected chi connectivity index (χ2v) is 3.63. The Balaban J connectivity index is 2.55. The van der Waals surface area contributed by atoms with E-state index in [0.717, 1.165) is 5.69 Å². The minimum atomic E-state index is 0.459. The van der Waals surface area contributed by atoms with Crippen molar-refractivity contribution in [3.05, 3.63) is 29.6 Å². The van der Waals surface area contributed by atoms with Gasteiger partial charge in [0.15, 0.2) is 0 Å².